The second-order valence-electron chi connectivity index (χ2n) is 6.46. The summed E-state index contributed by atoms with van der Waals surface area (Å²) in [5, 5.41) is 2.23. The molecule has 2 aliphatic rings. The first-order valence-corrected chi connectivity index (χ1v) is 9.86. The standard InChI is InChI=1S/C17H19Cl2N3OS/c18-14-4-1-11(9-15(14)19)10-23-13-5-7-22(8-6-13)17-20-16(21-24-17)12-2-3-12/h1,4,9,12-13H,2-3,5-8,10H2. The van der Waals surface area contributed by atoms with Crippen LogP contribution >= 0.6 is 34.7 Å². The Morgan fingerprint density at radius 3 is 2.62 bits per heavy atom. The number of ether oxygens (including phenoxy) is 1. The van der Waals surface area contributed by atoms with E-state index in [2.05, 4.69) is 9.27 Å². The van der Waals surface area contributed by atoms with Crippen molar-refractivity contribution in [3.05, 3.63) is 39.6 Å². The molecule has 0 radical (unpaired) electrons. The second kappa shape index (κ2) is 7.16. The molecule has 1 saturated heterocycles. The molecule has 0 bridgehead atoms. The maximum Gasteiger partial charge on any atom is 0.205 e. The second-order valence-corrected chi connectivity index (χ2v) is 8.00. The van der Waals surface area contributed by atoms with Gasteiger partial charge in [0.05, 0.1) is 22.8 Å². The SMILES string of the molecule is Clc1ccc(COC2CCN(c3nc(C4CC4)ns3)CC2)cc1Cl. The van der Waals surface area contributed by atoms with Gasteiger partial charge in [0.1, 0.15) is 5.82 Å². The maximum absolute atomic E-state index is 6.05. The molecule has 1 aliphatic carbocycles. The van der Waals surface area contributed by atoms with Crippen LogP contribution < -0.4 is 4.90 Å². The van der Waals surface area contributed by atoms with Crippen molar-refractivity contribution in [1.82, 2.24) is 9.36 Å². The van der Waals surface area contributed by atoms with Crippen LogP contribution in [0.4, 0.5) is 5.13 Å². The molecule has 7 heteroatoms. The van der Waals surface area contributed by atoms with E-state index in [-0.39, 0.29) is 6.10 Å². The number of rotatable bonds is 5. The van der Waals surface area contributed by atoms with E-state index in [4.69, 9.17) is 32.9 Å². The zero-order valence-corrected chi connectivity index (χ0v) is 15.6. The van der Waals surface area contributed by atoms with Crippen LogP contribution in [0.2, 0.25) is 10.0 Å². The van der Waals surface area contributed by atoms with Crippen molar-refractivity contribution in [3.63, 3.8) is 0 Å². The summed E-state index contributed by atoms with van der Waals surface area (Å²) >= 11 is 13.5. The van der Waals surface area contributed by atoms with Gasteiger partial charge >= 0.3 is 0 Å². The molecule has 0 spiro atoms. The normalized spacial score (nSPS) is 19.0. The molecule has 1 aliphatic heterocycles. The third-order valence-corrected chi connectivity index (χ3v) is 6.09. The Labute approximate surface area is 155 Å². The van der Waals surface area contributed by atoms with Gasteiger partial charge in [-0.25, -0.2) is 4.98 Å². The van der Waals surface area contributed by atoms with Crippen molar-refractivity contribution in [3.8, 4) is 0 Å². The summed E-state index contributed by atoms with van der Waals surface area (Å²) in [7, 11) is 0. The highest BCUT2D eigenvalue weighted by Gasteiger charge is 2.29. The van der Waals surface area contributed by atoms with E-state index in [1.165, 1.54) is 24.4 Å². The van der Waals surface area contributed by atoms with E-state index < -0.39 is 0 Å². The van der Waals surface area contributed by atoms with Gasteiger partial charge in [-0.1, -0.05) is 29.3 Å². The van der Waals surface area contributed by atoms with Crippen LogP contribution in [0.15, 0.2) is 18.2 Å². The Kier molecular flexibility index (Phi) is 4.95. The quantitative estimate of drug-likeness (QED) is 0.734. The summed E-state index contributed by atoms with van der Waals surface area (Å²) in [6, 6.07) is 5.65. The summed E-state index contributed by atoms with van der Waals surface area (Å²) in [6.07, 6.45) is 4.81. The van der Waals surface area contributed by atoms with E-state index in [1.54, 1.807) is 0 Å². The summed E-state index contributed by atoms with van der Waals surface area (Å²) < 4.78 is 10.5. The summed E-state index contributed by atoms with van der Waals surface area (Å²) in [4.78, 5) is 7.03. The average Bonchev–Trinajstić information content (AvgIpc) is 3.34. The van der Waals surface area contributed by atoms with E-state index in [9.17, 15) is 0 Å². The molecule has 128 valence electrons. The first-order chi connectivity index (χ1) is 11.7. The molecule has 2 fully saturated rings. The van der Waals surface area contributed by atoms with E-state index in [1.807, 2.05) is 18.2 Å². The van der Waals surface area contributed by atoms with Crippen molar-refractivity contribution >= 4 is 39.9 Å². The molecule has 0 N–H and O–H groups in total. The molecule has 2 heterocycles. The summed E-state index contributed by atoms with van der Waals surface area (Å²) in [5.41, 5.74) is 1.06. The fourth-order valence-corrected chi connectivity index (χ4v) is 4.04. The monoisotopic (exact) mass is 383 g/mol. The molecule has 0 atom stereocenters. The molecule has 4 nitrogen and oxygen atoms in total. The third-order valence-electron chi connectivity index (χ3n) is 4.56. The average molecular weight is 384 g/mol. The van der Waals surface area contributed by atoms with E-state index in [0.717, 1.165) is 42.5 Å². The molecular formula is C17H19Cl2N3OS. The maximum atomic E-state index is 6.05. The minimum atomic E-state index is 0.284. The molecule has 0 amide bonds. The van der Waals surface area contributed by atoms with Crippen LogP contribution in [0.1, 0.15) is 43.0 Å². The van der Waals surface area contributed by atoms with Crippen molar-refractivity contribution in [2.24, 2.45) is 0 Å². The Morgan fingerprint density at radius 2 is 1.92 bits per heavy atom. The van der Waals surface area contributed by atoms with Gasteiger partial charge in [-0.3, -0.25) is 0 Å². The molecule has 2 aromatic rings. The number of halogens is 2. The lowest BCUT2D eigenvalue weighted by atomic mass is 10.1. The van der Waals surface area contributed by atoms with Gasteiger partial charge in [0.2, 0.25) is 5.13 Å². The zero-order valence-electron chi connectivity index (χ0n) is 13.3. The van der Waals surface area contributed by atoms with Crippen molar-refractivity contribution in [2.75, 3.05) is 18.0 Å². The third kappa shape index (κ3) is 3.85. The number of hydrogen-bond acceptors (Lipinski definition) is 5. The van der Waals surface area contributed by atoms with Gasteiger partial charge in [-0.15, -0.1) is 0 Å². The van der Waals surface area contributed by atoms with Gasteiger partial charge < -0.3 is 9.64 Å². The highest BCUT2D eigenvalue weighted by atomic mass is 35.5. The number of anilines is 1. The van der Waals surface area contributed by atoms with Crippen LogP contribution in [0.25, 0.3) is 0 Å². The smallest absolute Gasteiger partial charge is 0.205 e. The topological polar surface area (TPSA) is 38.2 Å². The van der Waals surface area contributed by atoms with Gasteiger partial charge in [-0.2, -0.15) is 4.37 Å². The molecule has 24 heavy (non-hydrogen) atoms. The number of hydrogen-bond donors (Lipinski definition) is 0. The highest BCUT2D eigenvalue weighted by Crippen LogP contribution is 2.40. The van der Waals surface area contributed by atoms with Gasteiger partial charge in [0.25, 0.3) is 0 Å². The van der Waals surface area contributed by atoms with Crippen LogP contribution in [-0.4, -0.2) is 28.6 Å². The first kappa shape index (κ1) is 16.6. The van der Waals surface area contributed by atoms with Crippen LogP contribution in [0.5, 0.6) is 0 Å². The number of nitrogens with zero attached hydrogens (tertiary/aromatic N) is 3. The molecule has 1 saturated carbocycles. The van der Waals surface area contributed by atoms with E-state index in [0.29, 0.717) is 22.6 Å². The lowest BCUT2D eigenvalue weighted by Gasteiger charge is -2.31. The predicted octanol–water partition coefficient (Wildman–Crippen LogP) is 4.91. The molecule has 4 rings (SSSR count). The first-order valence-electron chi connectivity index (χ1n) is 8.33. The van der Waals surface area contributed by atoms with Crippen LogP contribution in [0.3, 0.4) is 0 Å². The Hall–Kier alpha value is -0.880. The lowest BCUT2D eigenvalue weighted by Crippen LogP contribution is -2.37. The van der Waals surface area contributed by atoms with Crippen molar-refractivity contribution < 1.29 is 4.74 Å². The molecular weight excluding hydrogens is 365 g/mol. The van der Waals surface area contributed by atoms with Gasteiger partial charge in [0, 0.05) is 30.5 Å². The Morgan fingerprint density at radius 1 is 1.12 bits per heavy atom. The summed E-state index contributed by atoms with van der Waals surface area (Å²) in [6.45, 7) is 2.53. The van der Waals surface area contributed by atoms with Gasteiger partial charge in [-0.05, 0) is 43.4 Å². The highest BCUT2D eigenvalue weighted by molar-refractivity contribution is 7.09. The van der Waals surface area contributed by atoms with Crippen molar-refractivity contribution in [2.45, 2.75) is 44.3 Å². The zero-order chi connectivity index (χ0) is 16.5. The molecule has 0 unspecified atom stereocenters. The van der Waals surface area contributed by atoms with Gasteiger partial charge in [0.15, 0.2) is 0 Å². The number of aromatic nitrogens is 2. The van der Waals surface area contributed by atoms with E-state index >= 15 is 0 Å². The Balaban J connectivity index is 1.27. The Bertz CT molecular complexity index is 712. The van der Waals surface area contributed by atoms with Crippen LogP contribution in [0, 0.1) is 0 Å². The molecule has 1 aromatic heterocycles. The minimum absolute atomic E-state index is 0.284. The summed E-state index contributed by atoms with van der Waals surface area (Å²) in [5.74, 6) is 1.68. The largest absolute Gasteiger partial charge is 0.373 e. The van der Waals surface area contributed by atoms with Crippen LogP contribution in [-0.2, 0) is 11.3 Å². The fraction of sp³-hybridized carbons (Fsp3) is 0.529. The predicted molar refractivity (Wildman–Crippen MR) is 98.4 cm³/mol. The lowest BCUT2D eigenvalue weighted by molar-refractivity contribution is 0.0251. The molecule has 1 aromatic carbocycles. The fourth-order valence-electron chi connectivity index (χ4n) is 2.92. The minimum Gasteiger partial charge on any atom is -0.373 e. The van der Waals surface area contributed by atoms with Crippen molar-refractivity contribution in [1.29, 1.82) is 0 Å². The number of benzene rings is 1. The number of piperidine rings is 1.